The number of primary amides is 1. The van der Waals surface area contributed by atoms with E-state index < -0.39 is 17.6 Å². The Labute approximate surface area is 168 Å². The second-order valence-electron chi connectivity index (χ2n) is 6.64. The fraction of sp³-hybridized carbons (Fsp3) is 0.158. The molecule has 0 saturated carbocycles. The van der Waals surface area contributed by atoms with Crippen molar-refractivity contribution in [1.29, 1.82) is 0 Å². The van der Waals surface area contributed by atoms with Gasteiger partial charge in [-0.2, -0.15) is 0 Å². The fourth-order valence-corrected chi connectivity index (χ4v) is 2.96. The topological polar surface area (TPSA) is 142 Å². The maximum Gasteiger partial charge on any atom is 0.267 e. The van der Waals surface area contributed by atoms with Crippen molar-refractivity contribution in [3.63, 3.8) is 0 Å². The van der Waals surface area contributed by atoms with Crippen LogP contribution in [0.3, 0.4) is 0 Å². The Hall–Kier alpha value is -4.15. The summed E-state index contributed by atoms with van der Waals surface area (Å²) in [6, 6.07) is 6.77. The van der Waals surface area contributed by atoms with Crippen LogP contribution in [0.4, 0.5) is 10.2 Å². The van der Waals surface area contributed by atoms with Crippen LogP contribution in [-0.4, -0.2) is 36.9 Å². The molecule has 0 bridgehead atoms. The molecule has 0 fully saturated rings. The second-order valence-corrected chi connectivity index (χ2v) is 6.64. The molecule has 4 aromatic rings. The van der Waals surface area contributed by atoms with Crippen LogP contribution in [0.2, 0.25) is 0 Å². The van der Waals surface area contributed by atoms with Crippen molar-refractivity contribution in [2.75, 3.05) is 5.32 Å². The first-order valence-electron chi connectivity index (χ1n) is 8.85. The lowest BCUT2D eigenvalue weighted by molar-refractivity contribution is 0.0996. The number of aromatic nitrogens is 5. The molecule has 0 saturated heterocycles. The Morgan fingerprint density at radius 1 is 1.23 bits per heavy atom. The number of hydrogen-bond acceptors (Lipinski definition) is 7. The summed E-state index contributed by atoms with van der Waals surface area (Å²) in [7, 11) is 0. The maximum atomic E-state index is 13.6. The van der Waals surface area contributed by atoms with Gasteiger partial charge in [0.1, 0.15) is 23.0 Å². The quantitative estimate of drug-likeness (QED) is 0.513. The molecule has 0 unspecified atom stereocenters. The average molecular weight is 409 g/mol. The molecule has 1 aromatic carbocycles. The number of anilines is 1. The Kier molecular flexibility index (Phi) is 4.70. The summed E-state index contributed by atoms with van der Waals surface area (Å²) in [4.78, 5) is 28.5. The molecular formula is C19H16FN7O3. The minimum absolute atomic E-state index is 0.106. The summed E-state index contributed by atoms with van der Waals surface area (Å²) >= 11 is 0. The molecule has 3 heterocycles. The van der Waals surface area contributed by atoms with Crippen molar-refractivity contribution in [3.8, 4) is 0 Å². The van der Waals surface area contributed by atoms with Gasteiger partial charge in [0.25, 0.3) is 11.8 Å². The van der Waals surface area contributed by atoms with E-state index in [1.54, 1.807) is 24.6 Å². The number of nitrogens with zero attached hydrogens (tertiary/aromatic N) is 5. The van der Waals surface area contributed by atoms with Crippen molar-refractivity contribution in [2.45, 2.75) is 20.4 Å². The normalized spacial score (nSPS) is 11.0. The van der Waals surface area contributed by atoms with Crippen molar-refractivity contribution < 1.29 is 18.5 Å². The molecule has 2 amide bonds. The number of nitrogens with one attached hydrogen (secondary N) is 1. The molecular weight excluding hydrogens is 393 g/mol. The molecule has 0 aliphatic heterocycles. The van der Waals surface area contributed by atoms with Crippen molar-refractivity contribution >= 4 is 28.5 Å². The highest BCUT2D eigenvalue weighted by molar-refractivity contribution is 6.13. The molecule has 11 heteroatoms. The van der Waals surface area contributed by atoms with E-state index in [1.165, 1.54) is 18.2 Å². The summed E-state index contributed by atoms with van der Waals surface area (Å²) in [5.74, 6) is -1.05. The maximum absolute atomic E-state index is 13.6. The van der Waals surface area contributed by atoms with Crippen LogP contribution in [0.15, 0.2) is 34.9 Å². The third-order valence-corrected chi connectivity index (χ3v) is 4.47. The van der Waals surface area contributed by atoms with E-state index in [0.29, 0.717) is 29.1 Å². The average Bonchev–Trinajstić information content (AvgIpc) is 3.27. The molecule has 0 aliphatic rings. The highest BCUT2D eigenvalue weighted by Crippen LogP contribution is 2.22. The van der Waals surface area contributed by atoms with Crippen molar-refractivity contribution in [2.24, 2.45) is 5.73 Å². The molecule has 4 rings (SSSR count). The lowest BCUT2D eigenvalue weighted by atomic mass is 10.1. The van der Waals surface area contributed by atoms with Crippen LogP contribution in [0.1, 0.15) is 38.0 Å². The molecule has 0 radical (unpaired) electrons. The first kappa shape index (κ1) is 19.2. The number of pyridine rings is 1. The van der Waals surface area contributed by atoms with Gasteiger partial charge in [-0.05, 0) is 32.0 Å². The van der Waals surface area contributed by atoms with Gasteiger partial charge < -0.3 is 15.6 Å². The van der Waals surface area contributed by atoms with E-state index in [4.69, 9.17) is 10.3 Å². The number of rotatable bonds is 5. The summed E-state index contributed by atoms with van der Waals surface area (Å²) in [6.45, 7) is 3.83. The molecule has 10 nitrogen and oxygen atoms in total. The van der Waals surface area contributed by atoms with Crippen LogP contribution in [-0.2, 0) is 6.54 Å². The third kappa shape index (κ3) is 3.60. The van der Waals surface area contributed by atoms with Gasteiger partial charge in [-0.1, -0.05) is 10.4 Å². The van der Waals surface area contributed by atoms with Crippen molar-refractivity contribution in [1.82, 2.24) is 25.1 Å². The van der Waals surface area contributed by atoms with Crippen molar-refractivity contribution in [3.05, 3.63) is 64.6 Å². The number of benzene rings is 1. The zero-order valence-electron chi connectivity index (χ0n) is 16.0. The van der Waals surface area contributed by atoms with Gasteiger partial charge in [-0.3, -0.25) is 9.59 Å². The van der Waals surface area contributed by atoms with Crippen LogP contribution in [0, 0.1) is 19.7 Å². The third-order valence-electron chi connectivity index (χ3n) is 4.47. The van der Waals surface area contributed by atoms with E-state index in [2.05, 4.69) is 25.8 Å². The van der Waals surface area contributed by atoms with Gasteiger partial charge in [-0.15, -0.1) is 5.10 Å². The zero-order valence-corrected chi connectivity index (χ0v) is 16.0. The second kappa shape index (κ2) is 7.35. The number of carbonyl (C=O) groups is 2. The minimum Gasteiger partial charge on any atom is -0.364 e. The molecule has 0 spiro atoms. The molecule has 30 heavy (non-hydrogen) atoms. The van der Waals surface area contributed by atoms with Gasteiger partial charge >= 0.3 is 0 Å². The summed E-state index contributed by atoms with van der Waals surface area (Å²) in [6.07, 6.45) is 0. The first-order valence-corrected chi connectivity index (χ1v) is 8.85. The molecule has 152 valence electrons. The Morgan fingerprint density at radius 3 is 2.73 bits per heavy atom. The predicted octanol–water partition coefficient (Wildman–Crippen LogP) is 1.97. The van der Waals surface area contributed by atoms with E-state index in [0.717, 1.165) is 6.07 Å². The van der Waals surface area contributed by atoms with Gasteiger partial charge in [0.05, 0.1) is 23.3 Å². The number of hydrogen-bond donors (Lipinski definition) is 2. The smallest absolute Gasteiger partial charge is 0.267 e. The number of fused-ring (bicyclic) bond motifs is 1. The van der Waals surface area contributed by atoms with Gasteiger partial charge in [0, 0.05) is 17.5 Å². The highest BCUT2D eigenvalue weighted by Gasteiger charge is 2.19. The Balaban J connectivity index is 1.66. The van der Waals surface area contributed by atoms with Crippen LogP contribution in [0.5, 0.6) is 0 Å². The molecule has 0 atom stereocenters. The summed E-state index contributed by atoms with van der Waals surface area (Å²) in [5.41, 5.74) is 6.64. The largest absolute Gasteiger partial charge is 0.364 e. The number of carbonyl (C=O) groups excluding carboxylic acids is 2. The number of amides is 2. The van der Waals surface area contributed by atoms with Gasteiger partial charge in [-0.25, -0.2) is 14.1 Å². The van der Waals surface area contributed by atoms with Crippen LogP contribution in [0.25, 0.3) is 10.9 Å². The number of aryl methyl sites for hydroxylation is 1. The molecule has 0 aliphatic carbocycles. The SMILES string of the molecule is Cc1cc(Cn2nnc(NC(=O)c3cc(C(N)=O)nc4cc(F)ccc34)c2C)no1. The lowest BCUT2D eigenvalue weighted by Crippen LogP contribution is -2.18. The molecule has 3 N–H and O–H groups in total. The van der Waals surface area contributed by atoms with E-state index in [-0.39, 0.29) is 22.6 Å². The van der Waals surface area contributed by atoms with Crippen LogP contribution < -0.4 is 11.1 Å². The number of nitrogens with two attached hydrogens (primary N) is 1. The Bertz CT molecular complexity index is 1290. The monoisotopic (exact) mass is 409 g/mol. The van der Waals surface area contributed by atoms with Crippen LogP contribution >= 0.6 is 0 Å². The Morgan fingerprint density at radius 2 is 2.03 bits per heavy atom. The van der Waals surface area contributed by atoms with E-state index in [9.17, 15) is 14.0 Å². The fourth-order valence-electron chi connectivity index (χ4n) is 2.96. The van der Waals surface area contributed by atoms with Gasteiger partial charge in [0.15, 0.2) is 5.82 Å². The standard InChI is InChI=1S/C19H16FN7O3/c1-9-5-12(25-30-9)8-27-10(2)18(24-26-27)23-19(29)14-7-16(17(21)28)22-15-6-11(20)3-4-13(14)15/h3-7H,8H2,1-2H3,(H2,21,28)(H,23,29). The lowest BCUT2D eigenvalue weighted by Gasteiger charge is -2.09. The molecule has 3 aromatic heterocycles. The van der Waals surface area contributed by atoms with Gasteiger partial charge in [0.2, 0.25) is 0 Å². The highest BCUT2D eigenvalue weighted by atomic mass is 19.1. The van der Waals surface area contributed by atoms with E-state index >= 15 is 0 Å². The predicted molar refractivity (Wildman–Crippen MR) is 103 cm³/mol. The summed E-state index contributed by atoms with van der Waals surface area (Å²) in [5, 5.41) is 14.9. The minimum atomic E-state index is -0.833. The first-order chi connectivity index (χ1) is 14.3. The zero-order chi connectivity index (χ0) is 21.4. The number of halogens is 1. The summed E-state index contributed by atoms with van der Waals surface area (Å²) < 4.78 is 20.2. The van der Waals surface area contributed by atoms with E-state index in [1.807, 2.05) is 0 Å².